The van der Waals surface area contributed by atoms with Gasteiger partial charge in [-0.2, -0.15) is 0 Å². The van der Waals surface area contributed by atoms with Crippen LogP contribution in [0, 0.1) is 0 Å². The smallest absolute Gasteiger partial charge is 0.321 e. The second kappa shape index (κ2) is 6.88. The van der Waals surface area contributed by atoms with Crippen molar-refractivity contribution in [2.24, 2.45) is 0 Å². The topological polar surface area (TPSA) is 61.8 Å². The minimum atomic E-state index is -0.242. The van der Waals surface area contributed by atoms with Gasteiger partial charge in [0.2, 0.25) is 0 Å². The van der Waals surface area contributed by atoms with Gasteiger partial charge in [0.25, 0.3) is 0 Å². The molecule has 0 fully saturated rings. The van der Waals surface area contributed by atoms with Gasteiger partial charge in [-0.3, -0.25) is 0 Å². The van der Waals surface area contributed by atoms with Gasteiger partial charge in [-0.15, -0.1) is 0 Å². The van der Waals surface area contributed by atoms with E-state index in [1.165, 1.54) is 4.90 Å². The third-order valence-corrected chi connectivity index (χ3v) is 2.27. The number of aliphatic hydroxyl groups excluding tert-OH is 1. The molecule has 0 heterocycles. The van der Waals surface area contributed by atoms with Crippen LogP contribution in [-0.2, 0) is 11.3 Å². The number of hydrogen-bond acceptors (Lipinski definition) is 3. The van der Waals surface area contributed by atoms with Crippen molar-refractivity contribution in [3.63, 3.8) is 0 Å². The van der Waals surface area contributed by atoms with Crippen LogP contribution in [0.2, 0.25) is 0 Å². The lowest BCUT2D eigenvalue weighted by Crippen LogP contribution is -2.33. The Labute approximate surface area is 101 Å². The summed E-state index contributed by atoms with van der Waals surface area (Å²) in [6, 6.07) is 7.21. The van der Waals surface area contributed by atoms with E-state index in [9.17, 15) is 4.79 Å². The number of methoxy groups -OCH3 is 1. The summed E-state index contributed by atoms with van der Waals surface area (Å²) in [5.74, 6) is 0. The van der Waals surface area contributed by atoms with E-state index in [0.29, 0.717) is 18.8 Å². The van der Waals surface area contributed by atoms with Crippen LogP contribution in [0.5, 0.6) is 0 Å². The maximum atomic E-state index is 11.6. The van der Waals surface area contributed by atoms with Crippen LogP contribution in [-0.4, -0.2) is 43.3 Å². The lowest BCUT2D eigenvalue weighted by molar-refractivity contribution is 0.185. The molecule has 5 heteroatoms. The van der Waals surface area contributed by atoms with Crippen molar-refractivity contribution in [2.75, 3.05) is 32.6 Å². The van der Waals surface area contributed by atoms with Crippen molar-refractivity contribution >= 4 is 11.7 Å². The summed E-state index contributed by atoms with van der Waals surface area (Å²) >= 11 is 0. The zero-order chi connectivity index (χ0) is 12.7. The predicted octanol–water partition coefficient (Wildman–Crippen LogP) is 1.29. The minimum absolute atomic E-state index is 0.0480. The van der Waals surface area contributed by atoms with Gasteiger partial charge in [0, 0.05) is 26.4 Å². The number of nitrogens with zero attached hydrogens (tertiary/aromatic N) is 1. The van der Waals surface area contributed by atoms with Crippen LogP contribution in [0.1, 0.15) is 5.56 Å². The fourth-order valence-electron chi connectivity index (χ4n) is 1.38. The largest absolute Gasteiger partial charge is 0.395 e. The first-order chi connectivity index (χ1) is 8.17. The Morgan fingerprint density at radius 1 is 1.53 bits per heavy atom. The molecule has 5 nitrogen and oxygen atoms in total. The highest BCUT2D eigenvalue weighted by atomic mass is 16.5. The zero-order valence-corrected chi connectivity index (χ0v) is 10.1. The highest BCUT2D eigenvalue weighted by Gasteiger charge is 2.07. The molecule has 1 aromatic carbocycles. The second-order valence-electron chi connectivity index (χ2n) is 3.71. The fourth-order valence-corrected chi connectivity index (χ4v) is 1.38. The maximum Gasteiger partial charge on any atom is 0.321 e. The molecule has 1 aromatic rings. The SMILES string of the molecule is COCc1cccc(NC(=O)N(C)CCO)c1. The molecule has 0 unspecified atom stereocenters. The van der Waals surface area contributed by atoms with Gasteiger partial charge < -0.3 is 20.1 Å². The van der Waals surface area contributed by atoms with Gasteiger partial charge in [-0.25, -0.2) is 4.79 Å². The Hall–Kier alpha value is -1.59. The Kier molecular flexibility index (Phi) is 5.45. The third-order valence-electron chi connectivity index (χ3n) is 2.27. The van der Waals surface area contributed by atoms with Crippen molar-refractivity contribution in [3.05, 3.63) is 29.8 Å². The molecule has 1 rings (SSSR count). The van der Waals surface area contributed by atoms with E-state index in [1.807, 2.05) is 24.3 Å². The number of rotatable bonds is 5. The van der Waals surface area contributed by atoms with Crippen molar-refractivity contribution in [1.29, 1.82) is 0 Å². The van der Waals surface area contributed by atoms with Gasteiger partial charge in [0.15, 0.2) is 0 Å². The summed E-state index contributed by atoms with van der Waals surface area (Å²) in [5, 5.41) is 11.5. The first-order valence-electron chi connectivity index (χ1n) is 5.38. The van der Waals surface area contributed by atoms with Crippen molar-refractivity contribution in [2.45, 2.75) is 6.61 Å². The highest BCUT2D eigenvalue weighted by Crippen LogP contribution is 2.11. The Balaban J connectivity index is 2.61. The Morgan fingerprint density at radius 2 is 2.29 bits per heavy atom. The molecule has 0 saturated carbocycles. The first-order valence-corrected chi connectivity index (χ1v) is 5.38. The summed E-state index contributed by atoms with van der Waals surface area (Å²) < 4.78 is 5.02. The van der Waals surface area contributed by atoms with E-state index < -0.39 is 0 Å². The van der Waals surface area contributed by atoms with Crippen LogP contribution in [0.25, 0.3) is 0 Å². The average Bonchev–Trinajstić information content (AvgIpc) is 2.30. The van der Waals surface area contributed by atoms with E-state index in [2.05, 4.69) is 5.32 Å². The molecular formula is C12H18N2O3. The summed E-state index contributed by atoms with van der Waals surface area (Å²) in [6.07, 6.45) is 0. The molecule has 94 valence electrons. The number of carbonyl (C=O) groups is 1. The van der Waals surface area contributed by atoms with Crippen LogP contribution >= 0.6 is 0 Å². The van der Waals surface area contributed by atoms with Gasteiger partial charge in [-0.05, 0) is 17.7 Å². The van der Waals surface area contributed by atoms with E-state index in [-0.39, 0.29) is 12.6 Å². The number of likely N-dealkylation sites (N-methyl/N-ethyl adjacent to an activating group) is 1. The number of amides is 2. The van der Waals surface area contributed by atoms with Crippen LogP contribution in [0.3, 0.4) is 0 Å². The van der Waals surface area contributed by atoms with Gasteiger partial charge >= 0.3 is 6.03 Å². The molecule has 2 amide bonds. The van der Waals surface area contributed by atoms with Crippen LogP contribution < -0.4 is 5.32 Å². The molecule has 2 N–H and O–H groups in total. The average molecular weight is 238 g/mol. The molecule has 0 saturated heterocycles. The number of benzene rings is 1. The predicted molar refractivity (Wildman–Crippen MR) is 65.9 cm³/mol. The molecule has 0 atom stereocenters. The van der Waals surface area contributed by atoms with E-state index in [4.69, 9.17) is 9.84 Å². The quantitative estimate of drug-likeness (QED) is 0.812. The van der Waals surface area contributed by atoms with E-state index >= 15 is 0 Å². The molecule has 0 aliphatic heterocycles. The number of hydrogen-bond donors (Lipinski definition) is 2. The standard InChI is InChI=1S/C12H18N2O3/c1-14(6-7-15)12(16)13-11-5-3-4-10(8-11)9-17-2/h3-5,8,15H,6-7,9H2,1-2H3,(H,13,16). The summed E-state index contributed by atoms with van der Waals surface area (Å²) in [6.45, 7) is 0.771. The lowest BCUT2D eigenvalue weighted by atomic mass is 10.2. The van der Waals surface area contributed by atoms with Crippen molar-refractivity contribution in [1.82, 2.24) is 4.90 Å². The van der Waals surface area contributed by atoms with E-state index in [1.54, 1.807) is 14.2 Å². The number of urea groups is 1. The molecule has 0 spiro atoms. The van der Waals surface area contributed by atoms with Crippen LogP contribution in [0.15, 0.2) is 24.3 Å². The normalized spacial score (nSPS) is 10.1. The van der Waals surface area contributed by atoms with Crippen molar-refractivity contribution in [3.8, 4) is 0 Å². The van der Waals surface area contributed by atoms with E-state index in [0.717, 1.165) is 5.56 Å². The maximum absolute atomic E-state index is 11.6. The van der Waals surface area contributed by atoms with Gasteiger partial charge in [0.1, 0.15) is 0 Å². The Bertz CT molecular complexity index is 369. The minimum Gasteiger partial charge on any atom is -0.395 e. The number of anilines is 1. The fraction of sp³-hybridized carbons (Fsp3) is 0.417. The molecule has 0 bridgehead atoms. The molecule has 0 aliphatic rings. The lowest BCUT2D eigenvalue weighted by Gasteiger charge is -2.16. The van der Waals surface area contributed by atoms with Gasteiger partial charge in [0.05, 0.1) is 13.2 Å². The molecule has 0 radical (unpaired) electrons. The van der Waals surface area contributed by atoms with Crippen LogP contribution in [0.4, 0.5) is 10.5 Å². The number of nitrogens with one attached hydrogen (secondary N) is 1. The number of aliphatic hydroxyl groups is 1. The number of carbonyl (C=O) groups excluding carboxylic acids is 1. The molecular weight excluding hydrogens is 220 g/mol. The highest BCUT2D eigenvalue weighted by molar-refractivity contribution is 5.89. The summed E-state index contributed by atoms with van der Waals surface area (Å²) in [4.78, 5) is 13.1. The monoisotopic (exact) mass is 238 g/mol. The zero-order valence-electron chi connectivity index (χ0n) is 10.1. The molecule has 0 aromatic heterocycles. The summed E-state index contributed by atoms with van der Waals surface area (Å²) in [7, 11) is 3.25. The Morgan fingerprint density at radius 3 is 2.94 bits per heavy atom. The second-order valence-corrected chi connectivity index (χ2v) is 3.71. The summed E-state index contributed by atoms with van der Waals surface area (Å²) in [5.41, 5.74) is 1.71. The van der Waals surface area contributed by atoms with Gasteiger partial charge in [-0.1, -0.05) is 12.1 Å². The molecule has 17 heavy (non-hydrogen) atoms. The van der Waals surface area contributed by atoms with Crippen molar-refractivity contribution < 1.29 is 14.6 Å². The first kappa shape index (κ1) is 13.5. The molecule has 0 aliphatic carbocycles. The number of ether oxygens (including phenoxy) is 1. The third kappa shape index (κ3) is 4.42.